The molecular formula is C66H42N4. The van der Waals surface area contributed by atoms with Crippen LogP contribution in [0.4, 0.5) is 34.1 Å². The highest BCUT2D eigenvalue weighted by atomic mass is 15.2. The SMILES string of the molecule is [2H]c1c([2H])c([2H])c(N(c2cccc(-c3ccccc3)c2)c2ccc3c4cc5c(cc4n4c6ccccc6c2c34)c2ccc(N(c3cccc(-c4ccccc4)c3)c3c([2H])c([2H])c([2H])c([2H])c3[2H])c3c4ccccc4n5c23)c([2H])c1[2H]. The van der Waals surface area contributed by atoms with Gasteiger partial charge in [-0.25, -0.2) is 0 Å². The Balaban J connectivity index is 1.02. The molecule has 0 aliphatic heterocycles. The van der Waals surface area contributed by atoms with Crippen molar-refractivity contribution in [3.63, 3.8) is 0 Å². The van der Waals surface area contributed by atoms with E-state index in [1.807, 2.05) is 155 Å². The van der Waals surface area contributed by atoms with Gasteiger partial charge in [0.15, 0.2) is 0 Å². The lowest BCUT2D eigenvalue weighted by Crippen LogP contribution is -2.10. The number of para-hydroxylation sites is 4. The van der Waals surface area contributed by atoms with Crippen molar-refractivity contribution in [1.29, 1.82) is 0 Å². The smallest absolute Gasteiger partial charge is 0.0645 e. The van der Waals surface area contributed by atoms with E-state index in [1.165, 1.54) is 0 Å². The lowest BCUT2D eigenvalue weighted by Gasteiger charge is -2.27. The van der Waals surface area contributed by atoms with Gasteiger partial charge >= 0.3 is 0 Å². The van der Waals surface area contributed by atoms with Gasteiger partial charge in [-0.1, -0.05) is 170 Å². The summed E-state index contributed by atoms with van der Waals surface area (Å²) in [6, 6.07) is 60.8. The van der Waals surface area contributed by atoms with Crippen molar-refractivity contribution in [3.8, 4) is 22.3 Å². The zero-order chi connectivity index (χ0) is 54.6. The normalized spacial score (nSPS) is 14.0. The van der Waals surface area contributed by atoms with Crippen molar-refractivity contribution in [2.75, 3.05) is 9.80 Å². The third-order valence-corrected chi connectivity index (χ3v) is 14.1. The molecule has 4 heteroatoms. The predicted octanol–water partition coefficient (Wildman–Crippen LogP) is 18.3. The van der Waals surface area contributed by atoms with Crippen LogP contribution in [0, 0.1) is 0 Å². The molecule has 326 valence electrons. The number of rotatable bonds is 8. The molecule has 4 nitrogen and oxygen atoms in total. The molecule has 11 aromatic carbocycles. The van der Waals surface area contributed by atoms with Gasteiger partial charge in [0, 0.05) is 65.8 Å². The highest BCUT2D eigenvalue weighted by Gasteiger charge is 2.28. The van der Waals surface area contributed by atoms with Crippen LogP contribution in [0.2, 0.25) is 0 Å². The van der Waals surface area contributed by atoms with Crippen LogP contribution in [-0.4, -0.2) is 8.80 Å². The fourth-order valence-electron chi connectivity index (χ4n) is 11.2. The van der Waals surface area contributed by atoms with E-state index in [2.05, 4.69) is 57.3 Å². The summed E-state index contributed by atoms with van der Waals surface area (Å²) in [4.78, 5) is 3.65. The van der Waals surface area contributed by atoms with Gasteiger partial charge in [-0.05, 0) is 107 Å². The number of fused-ring (bicyclic) bond motifs is 12. The molecule has 0 unspecified atom stereocenters. The molecule has 0 aliphatic carbocycles. The van der Waals surface area contributed by atoms with E-state index in [0.717, 1.165) is 98.4 Å². The molecule has 0 bridgehead atoms. The van der Waals surface area contributed by atoms with E-state index in [0.29, 0.717) is 22.7 Å². The molecular weight excluding hydrogens is 849 g/mol. The first-order valence-electron chi connectivity index (χ1n) is 28.3. The average Bonchev–Trinajstić information content (AvgIpc) is 4.07. The van der Waals surface area contributed by atoms with Gasteiger partial charge in [-0.3, -0.25) is 0 Å². The predicted molar refractivity (Wildman–Crippen MR) is 296 cm³/mol. The largest absolute Gasteiger partial charge is 0.310 e. The van der Waals surface area contributed by atoms with Crippen LogP contribution in [0.1, 0.15) is 13.7 Å². The van der Waals surface area contributed by atoms with Gasteiger partial charge in [-0.2, -0.15) is 0 Å². The lowest BCUT2D eigenvalue weighted by atomic mass is 10.0. The van der Waals surface area contributed by atoms with Crippen molar-refractivity contribution in [2.24, 2.45) is 0 Å². The molecule has 0 aliphatic rings. The Morgan fingerprint density at radius 3 is 1.13 bits per heavy atom. The van der Waals surface area contributed by atoms with Crippen LogP contribution in [0.15, 0.2) is 255 Å². The minimum Gasteiger partial charge on any atom is -0.310 e. The Morgan fingerprint density at radius 2 is 0.686 bits per heavy atom. The maximum atomic E-state index is 9.39. The number of anilines is 6. The van der Waals surface area contributed by atoms with Crippen molar-refractivity contribution >= 4 is 110 Å². The van der Waals surface area contributed by atoms with Crippen molar-refractivity contribution in [3.05, 3.63) is 255 Å². The summed E-state index contributed by atoms with van der Waals surface area (Å²) in [5, 5.41) is 7.46. The molecule has 0 N–H and O–H groups in total. The molecule has 15 aromatic rings. The van der Waals surface area contributed by atoms with Gasteiger partial charge in [0.2, 0.25) is 0 Å². The van der Waals surface area contributed by atoms with Crippen LogP contribution in [0.5, 0.6) is 0 Å². The quantitative estimate of drug-likeness (QED) is 0.151. The van der Waals surface area contributed by atoms with Crippen LogP contribution < -0.4 is 9.80 Å². The molecule has 0 radical (unpaired) electrons. The molecule has 15 rings (SSSR count). The second kappa shape index (κ2) is 15.1. The molecule has 0 atom stereocenters. The van der Waals surface area contributed by atoms with Gasteiger partial charge in [0.05, 0.1) is 58.2 Å². The van der Waals surface area contributed by atoms with E-state index in [-0.39, 0.29) is 35.5 Å². The summed E-state index contributed by atoms with van der Waals surface area (Å²) in [6.45, 7) is 0. The number of hydrogen-bond acceptors (Lipinski definition) is 2. The maximum absolute atomic E-state index is 9.39. The average molecular weight is 901 g/mol. The van der Waals surface area contributed by atoms with Crippen molar-refractivity contribution < 1.29 is 13.7 Å². The Labute approximate surface area is 418 Å². The summed E-state index contributed by atoms with van der Waals surface area (Å²) in [6.07, 6.45) is 0. The van der Waals surface area contributed by atoms with Crippen LogP contribution in [0.25, 0.3) is 98.4 Å². The number of nitrogens with zero attached hydrogens (tertiary/aromatic N) is 4. The summed E-state index contributed by atoms with van der Waals surface area (Å²) >= 11 is 0. The minimum atomic E-state index is -0.467. The van der Waals surface area contributed by atoms with Gasteiger partial charge in [0.1, 0.15) is 0 Å². The van der Waals surface area contributed by atoms with Gasteiger partial charge < -0.3 is 18.6 Å². The Bertz CT molecular complexity index is 4720. The van der Waals surface area contributed by atoms with Gasteiger partial charge in [0.25, 0.3) is 0 Å². The lowest BCUT2D eigenvalue weighted by molar-refractivity contribution is 1.30. The summed E-state index contributed by atoms with van der Waals surface area (Å²) in [5.41, 5.74) is 12.0. The molecule has 0 saturated carbocycles. The highest BCUT2D eigenvalue weighted by molar-refractivity contribution is 6.32. The third kappa shape index (κ3) is 5.59. The van der Waals surface area contributed by atoms with E-state index >= 15 is 0 Å². The number of aromatic nitrogens is 2. The first-order chi connectivity index (χ1) is 38.9. The van der Waals surface area contributed by atoms with Crippen LogP contribution >= 0.6 is 0 Å². The first-order valence-corrected chi connectivity index (χ1v) is 23.3. The highest BCUT2D eigenvalue weighted by Crippen LogP contribution is 2.51. The maximum Gasteiger partial charge on any atom is 0.0645 e. The Hall–Kier alpha value is -9.38. The molecule has 0 amide bonds. The molecule has 4 aromatic heterocycles. The summed E-state index contributed by atoms with van der Waals surface area (Å²) in [7, 11) is 0. The Kier molecular flexibility index (Phi) is 6.48. The van der Waals surface area contributed by atoms with Crippen molar-refractivity contribution in [2.45, 2.75) is 0 Å². The van der Waals surface area contributed by atoms with E-state index in [4.69, 9.17) is 8.22 Å². The summed E-state index contributed by atoms with van der Waals surface area (Å²) in [5.74, 6) is 0. The monoisotopic (exact) mass is 900 g/mol. The second-order valence-electron chi connectivity index (χ2n) is 17.8. The Morgan fingerprint density at radius 1 is 0.286 bits per heavy atom. The van der Waals surface area contributed by atoms with E-state index < -0.39 is 36.3 Å². The third-order valence-electron chi connectivity index (χ3n) is 14.1. The second-order valence-corrected chi connectivity index (χ2v) is 17.8. The zero-order valence-corrected chi connectivity index (χ0v) is 37.3. The molecule has 0 fully saturated rings. The number of benzene rings is 11. The molecule has 70 heavy (non-hydrogen) atoms. The van der Waals surface area contributed by atoms with E-state index in [1.54, 1.807) is 0 Å². The van der Waals surface area contributed by atoms with E-state index in [9.17, 15) is 5.48 Å². The first kappa shape index (κ1) is 30.1. The summed E-state index contributed by atoms with van der Waals surface area (Å²) < 4.78 is 94.7. The topological polar surface area (TPSA) is 15.3 Å². The molecule has 4 heterocycles. The zero-order valence-electron chi connectivity index (χ0n) is 47.3. The van der Waals surface area contributed by atoms with Crippen LogP contribution in [-0.2, 0) is 0 Å². The fraction of sp³-hybridized carbons (Fsp3) is 0. The minimum absolute atomic E-state index is 0.0383. The molecule has 0 spiro atoms. The van der Waals surface area contributed by atoms with Crippen molar-refractivity contribution in [1.82, 2.24) is 8.80 Å². The number of hydrogen-bond donors (Lipinski definition) is 0. The fourth-order valence-corrected chi connectivity index (χ4v) is 11.2. The molecule has 0 saturated heterocycles. The standard InChI is InChI=1S/C66H42N4/c1-5-19-43(20-6-1)45-23-17-29-49(39-45)67(47-25-9-3-10-26-47)59-37-35-51-55-41-62-56(42-61(55)69-57-33-15-13-31-53(57)63(59)65(51)69)52-36-38-60(64-54-32-14-16-34-58(54)70(62)66(52)64)68(48-27-11-4-12-28-48)50-30-18-24-46(40-50)44-21-7-2-8-22-44/h1-42H/i3D,4D,9D,10D,11D,12D,25D,26D,27D,28D. The van der Waals surface area contributed by atoms with Gasteiger partial charge in [-0.15, -0.1) is 0 Å². The van der Waals surface area contributed by atoms with Crippen LogP contribution in [0.3, 0.4) is 0 Å².